The fourth-order valence-electron chi connectivity index (χ4n) is 6.45. The van der Waals surface area contributed by atoms with Gasteiger partial charge in [0.15, 0.2) is 0 Å². The fraction of sp³-hybridized carbons (Fsp3) is 0.464. The van der Waals surface area contributed by atoms with Crippen LogP contribution in [0.3, 0.4) is 0 Å². The maximum Gasteiger partial charge on any atom is 0.417 e. The Labute approximate surface area is 212 Å². The van der Waals surface area contributed by atoms with Gasteiger partial charge in [0, 0.05) is 22.3 Å². The van der Waals surface area contributed by atoms with Gasteiger partial charge < -0.3 is 25.0 Å². The topological polar surface area (TPSA) is 94.7 Å². The molecule has 1 unspecified atom stereocenters. The van der Waals surface area contributed by atoms with Gasteiger partial charge in [0.2, 0.25) is 0 Å². The molecule has 0 amide bonds. The van der Waals surface area contributed by atoms with Crippen molar-refractivity contribution in [2.24, 2.45) is 11.3 Å². The molecule has 194 valence electrons. The largest absolute Gasteiger partial charge is 0.473 e. The van der Waals surface area contributed by atoms with Crippen molar-refractivity contribution in [2.75, 3.05) is 0 Å². The summed E-state index contributed by atoms with van der Waals surface area (Å²) in [7, 11) is 0. The van der Waals surface area contributed by atoms with E-state index in [1.54, 1.807) is 18.2 Å². The molecule has 3 fully saturated rings. The lowest BCUT2D eigenvalue weighted by molar-refractivity contribution is -0.137. The Morgan fingerprint density at radius 1 is 1.16 bits per heavy atom. The molecule has 2 saturated carbocycles. The highest BCUT2D eigenvalue weighted by Crippen LogP contribution is 2.62. The number of aliphatic hydroxyl groups is 2. The number of ether oxygens (including phenoxy) is 2. The number of allylic oxidation sites excluding steroid dienone is 1. The van der Waals surface area contributed by atoms with Crippen molar-refractivity contribution in [3.63, 3.8) is 0 Å². The average Bonchev–Trinajstić information content (AvgIpc) is 3.57. The number of dihydropyridines is 1. The van der Waals surface area contributed by atoms with E-state index in [0.29, 0.717) is 28.7 Å². The summed E-state index contributed by atoms with van der Waals surface area (Å²) in [5.41, 5.74) is 0.264. The van der Waals surface area contributed by atoms with Crippen molar-refractivity contribution >= 4 is 0 Å². The molecule has 0 aromatic heterocycles. The van der Waals surface area contributed by atoms with Crippen LogP contribution in [0.1, 0.15) is 55.9 Å². The number of alkyl halides is 3. The van der Waals surface area contributed by atoms with Crippen LogP contribution in [0.2, 0.25) is 0 Å². The number of nitriles is 1. The van der Waals surface area contributed by atoms with Gasteiger partial charge in [0.25, 0.3) is 0 Å². The van der Waals surface area contributed by atoms with Gasteiger partial charge in [-0.2, -0.15) is 18.4 Å². The van der Waals surface area contributed by atoms with Crippen LogP contribution >= 0.6 is 0 Å². The average molecular weight is 513 g/mol. The smallest absolute Gasteiger partial charge is 0.417 e. The van der Waals surface area contributed by atoms with Crippen LogP contribution in [-0.4, -0.2) is 34.1 Å². The summed E-state index contributed by atoms with van der Waals surface area (Å²) in [6.07, 6.45) is 1.49. The lowest BCUT2D eigenvalue weighted by Crippen LogP contribution is -2.56. The Balaban J connectivity index is 1.58. The van der Waals surface area contributed by atoms with Crippen molar-refractivity contribution < 1.29 is 32.9 Å². The first-order chi connectivity index (χ1) is 17.5. The molecule has 1 aromatic carbocycles. The molecule has 37 heavy (non-hydrogen) atoms. The predicted octanol–water partition coefficient (Wildman–Crippen LogP) is 4.53. The summed E-state index contributed by atoms with van der Waals surface area (Å²) in [4.78, 5) is 0. The van der Waals surface area contributed by atoms with Crippen LogP contribution in [0.15, 0.2) is 65.3 Å². The number of aliphatic hydroxyl groups excluding tert-OH is 2. The van der Waals surface area contributed by atoms with Crippen molar-refractivity contribution in [3.05, 3.63) is 82.0 Å². The summed E-state index contributed by atoms with van der Waals surface area (Å²) in [5.74, 6) is -0.0492. The van der Waals surface area contributed by atoms with Crippen molar-refractivity contribution in [1.29, 1.82) is 5.26 Å². The number of benzene rings is 1. The number of fused-ring (bicyclic) bond motifs is 3. The van der Waals surface area contributed by atoms with Gasteiger partial charge in [0.1, 0.15) is 11.7 Å². The monoisotopic (exact) mass is 512 g/mol. The van der Waals surface area contributed by atoms with Crippen LogP contribution in [0, 0.1) is 22.7 Å². The summed E-state index contributed by atoms with van der Waals surface area (Å²) >= 11 is 0. The summed E-state index contributed by atoms with van der Waals surface area (Å²) in [6, 6.07) is 4.63. The predicted molar refractivity (Wildman–Crippen MR) is 126 cm³/mol. The molecule has 1 aromatic rings. The highest BCUT2D eigenvalue weighted by Gasteiger charge is 2.61. The molecule has 1 saturated heterocycles. The second kappa shape index (κ2) is 7.97. The van der Waals surface area contributed by atoms with Gasteiger partial charge in [-0.25, -0.2) is 0 Å². The highest BCUT2D eigenvalue weighted by atomic mass is 19.4. The van der Waals surface area contributed by atoms with Crippen LogP contribution < -0.4 is 5.32 Å². The third-order valence-electron chi connectivity index (χ3n) is 8.39. The maximum atomic E-state index is 13.5. The minimum absolute atomic E-state index is 0.0492. The molecule has 0 radical (unpaired) electrons. The molecule has 4 atom stereocenters. The Kier molecular flexibility index (Phi) is 5.23. The van der Waals surface area contributed by atoms with Gasteiger partial charge in [-0.15, -0.1) is 0 Å². The zero-order valence-electron chi connectivity index (χ0n) is 20.3. The van der Waals surface area contributed by atoms with Gasteiger partial charge in [0.05, 0.1) is 48.0 Å². The second-order valence-electron chi connectivity index (χ2n) is 10.9. The minimum atomic E-state index is -4.66. The molecule has 3 aliphatic heterocycles. The lowest BCUT2D eigenvalue weighted by Gasteiger charge is -2.46. The Hall–Kier alpha value is -3.06. The van der Waals surface area contributed by atoms with E-state index in [0.717, 1.165) is 24.6 Å². The molecule has 0 bridgehead atoms. The molecule has 3 N–H and O–H groups in total. The zero-order chi connectivity index (χ0) is 26.3. The number of nitrogens with zero attached hydrogens (tertiary/aromatic N) is 1. The molecule has 2 spiro atoms. The molecular weight excluding hydrogens is 485 g/mol. The summed E-state index contributed by atoms with van der Waals surface area (Å²) in [5, 5.41) is 35.8. The van der Waals surface area contributed by atoms with Gasteiger partial charge in [-0.1, -0.05) is 19.9 Å². The number of nitrogens with one attached hydrogen (secondary N) is 1. The quantitative estimate of drug-likeness (QED) is 0.539. The van der Waals surface area contributed by atoms with Gasteiger partial charge in [-0.05, 0) is 60.6 Å². The van der Waals surface area contributed by atoms with Gasteiger partial charge >= 0.3 is 6.18 Å². The fourth-order valence-corrected chi connectivity index (χ4v) is 6.45. The van der Waals surface area contributed by atoms with Gasteiger partial charge in [-0.3, -0.25) is 0 Å². The third-order valence-corrected chi connectivity index (χ3v) is 8.39. The normalized spacial score (nSPS) is 30.8. The lowest BCUT2D eigenvalue weighted by atomic mass is 9.67. The van der Waals surface area contributed by atoms with E-state index >= 15 is 0 Å². The molecule has 6 nitrogen and oxygen atoms in total. The number of hydrogen-bond donors (Lipinski definition) is 3. The summed E-state index contributed by atoms with van der Waals surface area (Å²) in [6.45, 7) is 3.98. The number of rotatable bonds is 2. The molecule has 9 heteroatoms. The van der Waals surface area contributed by atoms with E-state index < -0.39 is 47.3 Å². The first-order valence-corrected chi connectivity index (χ1v) is 12.4. The van der Waals surface area contributed by atoms with E-state index in [9.17, 15) is 28.6 Å². The van der Waals surface area contributed by atoms with E-state index in [-0.39, 0.29) is 11.3 Å². The molecule has 6 rings (SSSR count). The molecular formula is C28H27F3N2O4. The Morgan fingerprint density at radius 2 is 1.86 bits per heavy atom. The van der Waals surface area contributed by atoms with Crippen LogP contribution in [0.25, 0.3) is 0 Å². The van der Waals surface area contributed by atoms with E-state index in [2.05, 4.69) is 5.32 Å². The Morgan fingerprint density at radius 3 is 2.46 bits per heavy atom. The number of hydrogen-bond acceptors (Lipinski definition) is 6. The zero-order valence-corrected chi connectivity index (χ0v) is 20.3. The van der Waals surface area contributed by atoms with Crippen molar-refractivity contribution in [3.8, 4) is 6.07 Å². The SMILES string of the molecule is CC(C)C1=C2C(=C3C(N1)[C@H](O)C1(CC1)C[C@@H]3O)C1(C=COC=C1)O[C@@H]2c1ccc(C(F)(F)F)c(C#N)c1. The minimum Gasteiger partial charge on any atom is -0.473 e. The second-order valence-corrected chi connectivity index (χ2v) is 10.9. The third kappa shape index (κ3) is 3.50. The molecule has 3 heterocycles. The standard InChI is InChI=1S/C28H27F3N2O4/c1-14(2)22-20-21(19-18(34)12-26(5-6-26)25(35)23(19)33-22)27(7-9-36-10-8-27)37-24(20)15-3-4-17(28(29,30)31)16(11-15)13-32/h3-4,7-11,14,18,23-25,33-35H,5-6,12H2,1-2H3/t18-,23?,24+,25-/m0/s1. The highest BCUT2D eigenvalue weighted by molar-refractivity contribution is 5.63. The van der Waals surface area contributed by atoms with Crippen molar-refractivity contribution in [1.82, 2.24) is 5.32 Å². The van der Waals surface area contributed by atoms with E-state index in [4.69, 9.17) is 9.47 Å². The summed E-state index contributed by atoms with van der Waals surface area (Å²) < 4.78 is 52.4. The van der Waals surface area contributed by atoms with E-state index in [1.807, 2.05) is 13.8 Å². The first-order valence-electron chi connectivity index (χ1n) is 12.4. The van der Waals surface area contributed by atoms with Crippen LogP contribution in [0.4, 0.5) is 13.2 Å². The number of halogens is 3. The van der Waals surface area contributed by atoms with Crippen LogP contribution in [-0.2, 0) is 15.7 Å². The molecule has 2 aliphatic carbocycles. The Bertz CT molecular complexity index is 1320. The van der Waals surface area contributed by atoms with Crippen LogP contribution in [0.5, 0.6) is 0 Å². The van der Waals surface area contributed by atoms with E-state index in [1.165, 1.54) is 24.7 Å². The first kappa shape index (κ1) is 24.3. The maximum absolute atomic E-state index is 13.5. The molecule has 5 aliphatic rings. The van der Waals surface area contributed by atoms with Crippen molar-refractivity contribution in [2.45, 2.75) is 69.2 Å².